The van der Waals surface area contributed by atoms with Gasteiger partial charge in [0.05, 0.1) is 5.69 Å². The van der Waals surface area contributed by atoms with Crippen molar-refractivity contribution in [1.29, 1.82) is 0 Å². The fourth-order valence-electron chi connectivity index (χ4n) is 5.34. The van der Waals surface area contributed by atoms with E-state index in [-0.39, 0.29) is 16.2 Å². The molecule has 0 aliphatic carbocycles. The molecular weight excluding hydrogens is 430 g/mol. The van der Waals surface area contributed by atoms with Crippen LogP contribution >= 0.6 is 12.2 Å². The number of benzene rings is 2. The van der Waals surface area contributed by atoms with E-state index in [0.29, 0.717) is 11.6 Å². The SMILES string of the molecule is CCN1c2ccc(/C=C3\C(=O)NC(=S)N(c4cc(C)cc(C)c4)C3=O)cc2[C@H](C)CC1(C)C. The molecule has 0 spiro atoms. The van der Waals surface area contributed by atoms with E-state index in [9.17, 15) is 9.59 Å². The number of fused-ring (bicyclic) bond motifs is 1. The third-order valence-electron chi connectivity index (χ3n) is 6.60. The zero-order chi connectivity index (χ0) is 24.1. The number of hydrogen-bond donors (Lipinski definition) is 1. The van der Waals surface area contributed by atoms with Gasteiger partial charge in [0.25, 0.3) is 11.8 Å². The van der Waals surface area contributed by atoms with Gasteiger partial charge in [-0.3, -0.25) is 19.8 Å². The van der Waals surface area contributed by atoms with Crippen molar-refractivity contribution in [3.05, 3.63) is 64.2 Å². The Morgan fingerprint density at radius 1 is 1.12 bits per heavy atom. The zero-order valence-electron chi connectivity index (χ0n) is 20.2. The molecule has 2 aromatic rings. The largest absolute Gasteiger partial charge is 0.366 e. The molecular formula is C27H31N3O2S. The predicted octanol–water partition coefficient (Wildman–Crippen LogP) is 5.25. The van der Waals surface area contributed by atoms with E-state index in [1.165, 1.54) is 16.2 Å². The van der Waals surface area contributed by atoms with Gasteiger partial charge in [-0.2, -0.15) is 0 Å². The Kier molecular flexibility index (Phi) is 5.91. The Morgan fingerprint density at radius 2 is 1.79 bits per heavy atom. The van der Waals surface area contributed by atoms with Crippen LogP contribution < -0.4 is 15.1 Å². The summed E-state index contributed by atoms with van der Waals surface area (Å²) in [6, 6.07) is 12.0. The molecule has 6 heteroatoms. The second-order valence-corrected chi connectivity index (χ2v) is 10.2. The van der Waals surface area contributed by atoms with Crippen molar-refractivity contribution in [2.75, 3.05) is 16.3 Å². The maximum Gasteiger partial charge on any atom is 0.270 e. The normalized spacial score (nSPS) is 21.3. The van der Waals surface area contributed by atoms with Crippen LogP contribution in [-0.4, -0.2) is 29.0 Å². The number of amides is 2. The maximum absolute atomic E-state index is 13.4. The first-order valence-electron chi connectivity index (χ1n) is 11.4. The Morgan fingerprint density at radius 3 is 2.42 bits per heavy atom. The quantitative estimate of drug-likeness (QED) is 0.386. The lowest BCUT2D eigenvalue weighted by Crippen LogP contribution is -2.54. The van der Waals surface area contributed by atoms with Crippen LogP contribution in [-0.2, 0) is 9.59 Å². The van der Waals surface area contributed by atoms with Crippen LogP contribution in [0.3, 0.4) is 0 Å². The van der Waals surface area contributed by atoms with Gasteiger partial charge in [0.2, 0.25) is 0 Å². The Balaban J connectivity index is 1.74. The molecule has 2 aliphatic heterocycles. The van der Waals surface area contributed by atoms with Crippen molar-refractivity contribution in [3.63, 3.8) is 0 Å². The summed E-state index contributed by atoms with van der Waals surface area (Å²) in [5, 5.41) is 2.79. The highest BCUT2D eigenvalue weighted by atomic mass is 32.1. The lowest BCUT2D eigenvalue weighted by molar-refractivity contribution is -0.122. The molecule has 1 atom stereocenters. The molecule has 1 N–H and O–H groups in total. The minimum Gasteiger partial charge on any atom is -0.366 e. The first-order valence-corrected chi connectivity index (χ1v) is 11.8. The number of aryl methyl sites for hydroxylation is 2. The van der Waals surface area contributed by atoms with E-state index in [4.69, 9.17) is 12.2 Å². The van der Waals surface area contributed by atoms with Gasteiger partial charge < -0.3 is 4.90 Å². The van der Waals surface area contributed by atoms with Crippen molar-refractivity contribution in [2.45, 2.75) is 59.4 Å². The van der Waals surface area contributed by atoms with Crippen LogP contribution in [0.2, 0.25) is 0 Å². The fraction of sp³-hybridized carbons (Fsp3) is 0.370. The average Bonchev–Trinajstić information content (AvgIpc) is 2.70. The molecule has 0 saturated carbocycles. The van der Waals surface area contributed by atoms with Crippen LogP contribution in [0, 0.1) is 13.8 Å². The minimum atomic E-state index is -0.465. The molecule has 0 unspecified atom stereocenters. The van der Waals surface area contributed by atoms with Crippen molar-refractivity contribution in [2.24, 2.45) is 0 Å². The topological polar surface area (TPSA) is 52.7 Å². The second kappa shape index (κ2) is 8.41. The molecule has 0 aromatic heterocycles. The number of carbonyl (C=O) groups is 2. The highest BCUT2D eigenvalue weighted by Crippen LogP contribution is 2.43. The summed E-state index contributed by atoms with van der Waals surface area (Å²) < 4.78 is 0. The summed E-state index contributed by atoms with van der Waals surface area (Å²) in [5.74, 6) is -0.491. The molecule has 5 nitrogen and oxygen atoms in total. The van der Waals surface area contributed by atoms with E-state index < -0.39 is 11.8 Å². The zero-order valence-corrected chi connectivity index (χ0v) is 21.0. The standard InChI is InChI=1S/C27H31N3O2S/c1-7-29-23-9-8-19(13-21(23)18(4)15-27(29,5)6)14-22-24(31)28-26(33)30(25(22)32)20-11-16(2)10-17(3)12-20/h8-14,18H,7,15H2,1-6H3,(H,28,31,33)/b22-14+/t18-/m1/s1. The van der Waals surface area contributed by atoms with Gasteiger partial charge in [-0.15, -0.1) is 0 Å². The number of nitrogens with one attached hydrogen (secondary N) is 1. The molecule has 172 valence electrons. The number of hydrogen-bond acceptors (Lipinski definition) is 4. The van der Waals surface area contributed by atoms with Crippen LogP contribution in [0.5, 0.6) is 0 Å². The highest BCUT2D eigenvalue weighted by Gasteiger charge is 2.37. The van der Waals surface area contributed by atoms with Gasteiger partial charge in [-0.05, 0) is 112 Å². The van der Waals surface area contributed by atoms with Crippen LogP contribution in [0.1, 0.15) is 62.3 Å². The number of anilines is 2. The van der Waals surface area contributed by atoms with Crippen molar-refractivity contribution in [1.82, 2.24) is 5.32 Å². The monoisotopic (exact) mass is 461 g/mol. The van der Waals surface area contributed by atoms with Gasteiger partial charge in [-0.1, -0.05) is 19.1 Å². The molecule has 0 bridgehead atoms. The molecule has 33 heavy (non-hydrogen) atoms. The third kappa shape index (κ3) is 4.20. The van der Waals surface area contributed by atoms with E-state index in [1.807, 2.05) is 38.1 Å². The summed E-state index contributed by atoms with van der Waals surface area (Å²) >= 11 is 5.35. The van der Waals surface area contributed by atoms with Gasteiger partial charge in [0.1, 0.15) is 5.57 Å². The molecule has 2 aromatic carbocycles. The number of thiocarbonyl (C=S) groups is 1. The molecule has 2 amide bonds. The molecule has 4 rings (SSSR count). The van der Waals surface area contributed by atoms with Crippen molar-refractivity contribution < 1.29 is 9.59 Å². The van der Waals surface area contributed by atoms with Crippen LogP contribution in [0.25, 0.3) is 6.08 Å². The average molecular weight is 462 g/mol. The maximum atomic E-state index is 13.4. The third-order valence-corrected chi connectivity index (χ3v) is 6.89. The summed E-state index contributed by atoms with van der Waals surface area (Å²) in [7, 11) is 0. The highest BCUT2D eigenvalue weighted by molar-refractivity contribution is 7.80. The van der Waals surface area contributed by atoms with Crippen molar-refractivity contribution in [3.8, 4) is 0 Å². The van der Waals surface area contributed by atoms with E-state index in [1.54, 1.807) is 6.08 Å². The molecule has 2 heterocycles. The Bertz CT molecular complexity index is 1180. The Labute approximate surface area is 201 Å². The van der Waals surface area contributed by atoms with Crippen molar-refractivity contribution >= 4 is 46.6 Å². The lowest BCUT2D eigenvalue weighted by atomic mass is 9.79. The number of nitrogens with zero attached hydrogens (tertiary/aromatic N) is 2. The number of rotatable bonds is 3. The van der Waals surface area contributed by atoms with Gasteiger partial charge in [-0.25, -0.2) is 0 Å². The Hall–Kier alpha value is -2.99. The summed E-state index contributed by atoms with van der Waals surface area (Å²) in [6.45, 7) is 13.8. The number of carbonyl (C=O) groups excluding carboxylic acids is 2. The first-order chi connectivity index (χ1) is 15.5. The molecule has 1 fully saturated rings. The van der Waals surface area contributed by atoms with Gasteiger partial charge in [0.15, 0.2) is 5.11 Å². The van der Waals surface area contributed by atoms with Crippen LogP contribution in [0.15, 0.2) is 42.0 Å². The first kappa shape index (κ1) is 23.2. The second-order valence-electron chi connectivity index (χ2n) is 9.78. The van der Waals surface area contributed by atoms with Crippen LogP contribution in [0.4, 0.5) is 11.4 Å². The molecule has 0 radical (unpaired) electrons. The summed E-state index contributed by atoms with van der Waals surface area (Å²) in [5.41, 5.74) is 6.18. The van der Waals surface area contributed by atoms with E-state index >= 15 is 0 Å². The predicted molar refractivity (Wildman–Crippen MR) is 139 cm³/mol. The van der Waals surface area contributed by atoms with E-state index in [0.717, 1.165) is 29.7 Å². The van der Waals surface area contributed by atoms with E-state index in [2.05, 4.69) is 50.0 Å². The molecule has 1 saturated heterocycles. The molecule has 2 aliphatic rings. The van der Waals surface area contributed by atoms with Gasteiger partial charge in [0, 0.05) is 17.8 Å². The summed E-state index contributed by atoms with van der Waals surface area (Å²) in [4.78, 5) is 30.0. The fourth-order valence-corrected chi connectivity index (χ4v) is 5.62. The smallest absolute Gasteiger partial charge is 0.270 e. The van der Waals surface area contributed by atoms with Gasteiger partial charge >= 0.3 is 0 Å². The summed E-state index contributed by atoms with van der Waals surface area (Å²) in [6.07, 6.45) is 2.72. The lowest BCUT2D eigenvalue weighted by Gasteiger charge is -2.47. The minimum absolute atomic E-state index is 0.0823.